The summed E-state index contributed by atoms with van der Waals surface area (Å²) in [5.41, 5.74) is 0.250. The van der Waals surface area contributed by atoms with Gasteiger partial charge in [-0.05, 0) is 30.1 Å². The van der Waals surface area contributed by atoms with Crippen LogP contribution in [0.1, 0.15) is 26.2 Å². The summed E-state index contributed by atoms with van der Waals surface area (Å²) < 4.78 is 25.7. The lowest BCUT2D eigenvalue weighted by Gasteiger charge is -2.72. The highest BCUT2D eigenvalue weighted by atomic mass is 79.9. The Labute approximate surface area is 144 Å². The van der Waals surface area contributed by atoms with Gasteiger partial charge in [-0.2, -0.15) is 0 Å². The predicted molar refractivity (Wildman–Crippen MR) is 83.8 cm³/mol. The Bertz CT molecular complexity index is 612. The van der Waals surface area contributed by atoms with Crippen molar-refractivity contribution >= 4 is 15.9 Å². The van der Waals surface area contributed by atoms with Crippen molar-refractivity contribution < 1.29 is 18.9 Å². The molecule has 8 rings (SSSR count). The van der Waals surface area contributed by atoms with Crippen LogP contribution in [0.5, 0.6) is 0 Å². The first-order valence-corrected chi connectivity index (χ1v) is 10.2. The third kappa shape index (κ3) is 0.898. The van der Waals surface area contributed by atoms with Crippen LogP contribution in [-0.4, -0.2) is 42.3 Å². The van der Waals surface area contributed by atoms with Crippen LogP contribution in [0.3, 0.4) is 0 Å². The Hall–Kier alpha value is 0.320. The fourth-order valence-corrected chi connectivity index (χ4v) is 10.7. The molecular weight excluding hydrogens is 360 g/mol. The van der Waals surface area contributed by atoms with E-state index in [1.165, 1.54) is 19.3 Å². The lowest BCUT2D eigenvalue weighted by molar-refractivity contribution is -0.300. The van der Waals surface area contributed by atoms with Crippen LogP contribution in [0.25, 0.3) is 0 Å². The molecule has 5 heteroatoms. The Balaban J connectivity index is 1.44. The minimum Gasteiger partial charge on any atom is -0.347 e. The summed E-state index contributed by atoms with van der Waals surface area (Å²) in [4.78, 5) is 0. The van der Waals surface area contributed by atoms with E-state index in [0.29, 0.717) is 23.7 Å². The summed E-state index contributed by atoms with van der Waals surface area (Å²) in [6.07, 6.45) is 3.79. The second-order valence-corrected chi connectivity index (χ2v) is 10.1. The molecule has 6 aliphatic carbocycles. The zero-order valence-corrected chi connectivity index (χ0v) is 15.0. The molecule has 0 aromatic carbocycles. The van der Waals surface area contributed by atoms with Crippen molar-refractivity contribution in [3.05, 3.63) is 0 Å². The van der Waals surface area contributed by atoms with Gasteiger partial charge in [0.1, 0.15) is 0 Å². The van der Waals surface area contributed by atoms with Crippen molar-refractivity contribution in [2.45, 2.75) is 42.1 Å². The number of hydrogen-bond acceptors (Lipinski definition) is 4. The molecule has 6 saturated carbocycles. The van der Waals surface area contributed by atoms with E-state index in [9.17, 15) is 0 Å². The second kappa shape index (κ2) is 3.57. The summed E-state index contributed by atoms with van der Waals surface area (Å²) in [7, 11) is 0. The topological polar surface area (TPSA) is 36.9 Å². The average molecular weight is 383 g/mol. The Kier molecular flexibility index (Phi) is 2.10. The Morgan fingerprint density at radius 2 is 1.30 bits per heavy atom. The van der Waals surface area contributed by atoms with E-state index in [-0.39, 0.29) is 21.3 Å². The molecule has 23 heavy (non-hydrogen) atoms. The van der Waals surface area contributed by atoms with Crippen molar-refractivity contribution in [3.8, 4) is 0 Å². The van der Waals surface area contributed by atoms with Crippen LogP contribution < -0.4 is 0 Å². The van der Waals surface area contributed by atoms with Gasteiger partial charge in [-0.3, -0.25) is 0 Å². The van der Waals surface area contributed by atoms with E-state index in [1.807, 2.05) is 0 Å². The maximum Gasteiger partial charge on any atom is 0.187 e. The molecule has 0 aromatic rings. The SMILES string of the molecule is CCCC[C@]12[C@H]3[C@H]4[C@H]([C@@H]5[C@@H]1[C@H]3[C@@]4(Br)C51OCCO1)C21OCCO1. The highest BCUT2D eigenvalue weighted by molar-refractivity contribution is 9.10. The monoisotopic (exact) mass is 382 g/mol. The minimum absolute atomic E-state index is 0.0374. The zero-order valence-electron chi connectivity index (χ0n) is 13.4. The molecule has 2 heterocycles. The molecule has 0 unspecified atom stereocenters. The van der Waals surface area contributed by atoms with Crippen LogP contribution >= 0.6 is 15.9 Å². The standard InChI is InChI=1S/C18H23BrO4/c1-2-3-4-15-9-11-10(15)13-14(17(15)20-5-6-21-17)12(9)16(11,19)18(13)22-7-8-23-18/h9-14H,2-8H2,1H3/t9-,10+,11+,12+,13+,14-,15+,16+/m1/s1. The smallest absolute Gasteiger partial charge is 0.187 e. The number of alkyl halides is 1. The lowest BCUT2D eigenvalue weighted by Crippen LogP contribution is -2.75. The van der Waals surface area contributed by atoms with E-state index in [4.69, 9.17) is 18.9 Å². The van der Waals surface area contributed by atoms with Crippen molar-refractivity contribution in [2.75, 3.05) is 26.4 Å². The van der Waals surface area contributed by atoms with Gasteiger partial charge in [0.15, 0.2) is 11.6 Å². The van der Waals surface area contributed by atoms with Gasteiger partial charge in [0.25, 0.3) is 0 Å². The van der Waals surface area contributed by atoms with Crippen LogP contribution in [0, 0.1) is 40.9 Å². The first-order valence-electron chi connectivity index (χ1n) is 9.45. The van der Waals surface area contributed by atoms with Gasteiger partial charge in [-0.1, -0.05) is 35.7 Å². The van der Waals surface area contributed by atoms with Crippen LogP contribution in [0.15, 0.2) is 0 Å². The molecular formula is C18H23BrO4. The molecule has 0 amide bonds. The van der Waals surface area contributed by atoms with Gasteiger partial charge in [-0.15, -0.1) is 0 Å². The molecule has 8 atom stereocenters. The van der Waals surface area contributed by atoms with E-state index < -0.39 is 0 Å². The lowest BCUT2D eigenvalue weighted by atomic mass is 9.34. The minimum atomic E-state index is -0.388. The van der Waals surface area contributed by atoms with Gasteiger partial charge >= 0.3 is 0 Å². The van der Waals surface area contributed by atoms with E-state index >= 15 is 0 Å². The normalized spacial score (nSPS) is 63.4. The molecule has 0 aromatic heterocycles. The fourth-order valence-electron chi connectivity index (χ4n) is 9.02. The maximum absolute atomic E-state index is 6.48. The quantitative estimate of drug-likeness (QED) is 0.702. The Morgan fingerprint density at radius 3 is 1.96 bits per heavy atom. The van der Waals surface area contributed by atoms with Crippen LogP contribution in [0.4, 0.5) is 0 Å². The van der Waals surface area contributed by atoms with Crippen LogP contribution in [-0.2, 0) is 18.9 Å². The molecule has 4 bridgehead atoms. The number of halogens is 1. The van der Waals surface area contributed by atoms with Gasteiger partial charge in [0, 0.05) is 17.3 Å². The first-order chi connectivity index (χ1) is 11.2. The first kappa shape index (κ1) is 13.5. The molecule has 8 aliphatic rings. The molecule has 0 radical (unpaired) electrons. The number of rotatable bonds is 3. The number of hydrogen-bond donors (Lipinski definition) is 0. The van der Waals surface area contributed by atoms with Gasteiger partial charge in [0.05, 0.1) is 30.8 Å². The fraction of sp³-hybridized carbons (Fsp3) is 1.00. The van der Waals surface area contributed by atoms with Gasteiger partial charge < -0.3 is 18.9 Å². The third-order valence-corrected chi connectivity index (χ3v) is 10.5. The van der Waals surface area contributed by atoms with Gasteiger partial charge in [-0.25, -0.2) is 0 Å². The number of ether oxygens (including phenoxy) is 4. The molecule has 4 nitrogen and oxygen atoms in total. The molecule has 8 fully saturated rings. The highest BCUT2D eigenvalue weighted by Crippen LogP contribution is 3.01. The predicted octanol–water partition coefficient (Wildman–Crippen LogP) is 2.55. The van der Waals surface area contributed by atoms with E-state index in [2.05, 4.69) is 22.9 Å². The summed E-state index contributed by atoms with van der Waals surface area (Å²) >= 11 is 4.19. The summed E-state index contributed by atoms with van der Waals surface area (Å²) in [6.45, 7) is 5.30. The summed E-state index contributed by atoms with van der Waals surface area (Å²) in [5.74, 6) is 3.01. The summed E-state index contributed by atoms with van der Waals surface area (Å²) in [5, 5.41) is 0. The Morgan fingerprint density at radius 1 is 0.783 bits per heavy atom. The van der Waals surface area contributed by atoms with Crippen molar-refractivity contribution in [2.24, 2.45) is 40.9 Å². The molecule has 2 aliphatic heterocycles. The number of unbranched alkanes of at least 4 members (excludes halogenated alkanes) is 1. The largest absolute Gasteiger partial charge is 0.347 e. The van der Waals surface area contributed by atoms with Crippen molar-refractivity contribution in [3.63, 3.8) is 0 Å². The van der Waals surface area contributed by atoms with E-state index in [1.54, 1.807) is 0 Å². The average Bonchev–Trinajstić information content (AvgIpc) is 3.31. The molecule has 2 saturated heterocycles. The maximum atomic E-state index is 6.48. The third-order valence-electron chi connectivity index (χ3n) is 8.92. The molecule has 126 valence electrons. The van der Waals surface area contributed by atoms with Crippen molar-refractivity contribution in [1.29, 1.82) is 0 Å². The summed E-state index contributed by atoms with van der Waals surface area (Å²) in [6, 6.07) is 0. The van der Waals surface area contributed by atoms with Gasteiger partial charge in [0.2, 0.25) is 0 Å². The van der Waals surface area contributed by atoms with E-state index in [0.717, 1.165) is 38.3 Å². The zero-order chi connectivity index (χ0) is 15.2. The molecule has 0 N–H and O–H groups in total. The van der Waals surface area contributed by atoms with Crippen molar-refractivity contribution in [1.82, 2.24) is 0 Å². The van der Waals surface area contributed by atoms with Crippen LogP contribution in [0.2, 0.25) is 0 Å². The second-order valence-electron chi connectivity index (χ2n) is 8.80. The molecule has 2 spiro atoms. The highest BCUT2D eigenvalue weighted by Gasteiger charge is 3.07.